The van der Waals surface area contributed by atoms with Crippen LogP contribution in [0.25, 0.3) is 64.7 Å². The molecule has 0 atom stereocenters. The molecule has 1 aliphatic carbocycles. The number of anilines is 3. The van der Waals surface area contributed by atoms with Crippen LogP contribution in [0.1, 0.15) is 22.3 Å². The molecule has 0 radical (unpaired) electrons. The van der Waals surface area contributed by atoms with Crippen molar-refractivity contribution < 1.29 is 4.74 Å². The molecule has 0 N–H and O–H groups in total. The molecule has 0 saturated carbocycles. The number of thiophene rings is 1. The van der Waals surface area contributed by atoms with Crippen molar-refractivity contribution in [1.29, 1.82) is 0 Å². The van der Waals surface area contributed by atoms with Crippen LogP contribution in [-0.4, -0.2) is 0 Å². The second kappa shape index (κ2) is 14.6. The van der Waals surface area contributed by atoms with Gasteiger partial charge in [-0.2, -0.15) is 0 Å². The number of fused-ring (bicyclic) bond motifs is 12. The fraction of sp³-hybridized carbons (Fsp3) is 0.0164. The zero-order valence-corrected chi connectivity index (χ0v) is 35.6. The summed E-state index contributed by atoms with van der Waals surface area (Å²) >= 11 is 1.86. The molecule has 0 fully saturated rings. The van der Waals surface area contributed by atoms with Crippen molar-refractivity contribution in [3.8, 4) is 56.0 Å². The molecule has 11 aromatic rings. The Kier molecular flexibility index (Phi) is 8.34. The van der Waals surface area contributed by atoms with E-state index in [2.05, 4.69) is 241 Å². The molecule has 3 heteroatoms. The third-order valence-electron chi connectivity index (χ3n) is 13.3. The minimum atomic E-state index is -0.641. The average molecular weight is 834 g/mol. The monoisotopic (exact) mass is 833 g/mol. The van der Waals surface area contributed by atoms with E-state index in [1.54, 1.807) is 0 Å². The molecule has 10 aromatic carbocycles. The molecule has 2 nitrogen and oxygen atoms in total. The maximum atomic E-state index is 7.22. The highest BCUT2D eigenvalue weighted by atomic mass is 32.1. The van der Waals surface area contributed by atoms with Crippen molar-refractivity contribution in [1.82, 2.24) is 0 Å². The van der Waals surface area contributed by atoms with E-state index in [1.807, 2.05) is 11.3 Å². The largest absolute Gasteiger partial charge is 0.456 e. The molecule has 0 bridgehead atoms. The van der Waals surface area contributed by atoms with Gasteiger partial charge in [-0.25, -0.2) is 0 Å². The zero-order chi connectivity index (χ0) is 42.2. The predicted molar refractivity (Wildman–Crippen MR) is 268 cm³/mol. The average Bonchev–Trinajstić information content (AvgIpc) is 3.89. The van der Waals surface area contributed by atoms with Gasteiger partial charge in [0.2, 0.25) is 0 Å². The quantitative estimate of drug-likeness (QED) is 0.165. The van der Waals surface area contributed by atoms with Crippen LogP contribution in [0.3, 0.4) is 0 Å². The van der Waals surface area contributed by atoms with E-state index < -0.39 is 5.41 Å². The van der Waals surface area contributed by atoms with E-state index in [1.165, 1.54) is 64.7 Å². The summed E-state index contributed by atoms with van der Waals surface area (Å²) in [6.45, 7) is 0. The summed E-state index contributed by atoms with van der Waals surface area (Å²) in [5, 5.41) is 2.53. The third kappa shape index (κ3) is 5.51. The van der Waals surface area contributed by atoms with Crippen LogP contribution in [0.2, 0.25) is 0 Å². The Hall–Kier alpha value is -7.98. The standard InChI is InChI=1S/C61H39NOS/c1-4-17-40(18-5-1)41-31-33-44(34-32-41)62(45-35-36-57-51(37-45)59-47(25-16-30-58(59)64-57)42-19-6-2-7-20-42)46-38-50(43-21-8-3-9-22-43)60-55(39-46)61(54-28-14-15-29-56(54)63-60)52-26-12-10-23-48(52)49-24-11-13-27-53(49)61/h1-39H. The summed E-state index contributed by atoms with van der Waals surface area (Å²) in [6.07, 6.45) is 0. The highest BCUT2D eigenvalue weighted by Crippen LogP contribution is 2.64. The number of ether oxygens (including phenoxy) is 1. The maximum Gasteiger partial charge on any atom is 0.140 e. The Balaban J connectivity index is 1.12. The van der Waals surface area contributed by atoms with E-state index in [-0.39, 0.29) is 0 Å². The smallest absolute Gasteiger partial charge is 0.140 e. The summed E-state index contributed by atoms with van der Waals surface area (Å²) in [6, 6.07) is 86.4. The van der Waals surface area contributed by atoms with Gasteiger partial charge in [-0.05, 0) is 105 Å². The first-order valence-electron chi connectivity index (χ1n) is 21.9. The molecular formula is C61H39NOS. The van der Waals surface area contributed by atoms with E-state index in [4.69, 9.17) is 4.74 Å². The van der Waals surface area contributed by atoms with Crippen LogP contribution >= 0.6 is 11.3 Å². The van der Waals surface area contributed by atoms with Crippen molar-refractivity contribution in [3.05, 3.63) is 259 Å². The molecule has 1 aliphatic heterocycles. The van der Waals surface area contributed by atoms with Crippen LogP contribution in [0.4, 0.5) is 17.1 Å². The predicted octanol–water partition coefficient (Wildman–Crippen LogP) is 17.0. The Labute approximate surface area is 376 Å². The first-order valence-corrected chi connectivity index (χ1v) is 22.7. The van der Waals surface area contributed by atoms with Crippen molar-refractivity contribution in [2.24, 2.45) is 0 Å². The minimum Gasteiger partial charge on any atom is -0.456 e. The number of para-hydroxylation sites is 1. The molecule has 13 rings (SSSR count). The summed E-state index contributed by atoms with van der Waals surface area (Å²) in [4.78, 5) is 2.45. The molecule has 64 heavy (non-hydrogen) atoms. The van der Waals surface area contributed by atoms with Crippen molar-refractivity contribution >= 4 is 48.6 Å². The Morgan fingerprint density at radius 2 is 0.891 bits per heavy atom. The summed E-state index contributed by atoms with van der Waals surface area (Å²) in [5.74, 6) is 1.76. The highest BCUT2D eigenvalue weighted by Gasteiger charge is 2.51. The van der Waals surface area contributed by atoms with E-state index in [0.717, 1.165) is 50.8 Å². The zero-order valence-electron chi connectivity index (χ0n) is 34.8. The normalized spacial score (nSPS) is 12.9. The van der Waals surface area contributed by atoms with Gasteiger partial charge in [-0.3, -0.25) is 0 Å². The van der Waals surface area contributed by atoms with Gasteiger partial charge in [0.25, 0.3) is 0 Å². The molecule has 0 saturated heterocycles. The molecule has 0 unspecified atom stereocenters. The van der Waals surface area contributed by atoms with E-state index >= 15 is 0 Å². The lowest BCUT2D eigenvalue weighted by molar-refractivity contribution is 0.438. The van der Waals surface area contributed by atoms with Gasteiger partial charge in [0.05, 0.1) is 5.41 Å². The van der Waals surface area contributed by atoms with Gasteiger partial charge >= 0.3 is 0 Å². The summed E-state index contributed by atoms with van der Waals surface area (Å²) in [5.41, 5.74) is 16.9. The second-order valence-electron chi connectivity index (χ2n) is 16.8. The first-order chi connectivity index (χ1) is 31.7. The van der Waals surface area contributed by atoms with Crippen molar-refractivity contribution in [2.75, 3.05) is 4.90 Å². The molecule has 1 spiro atoms. The van der Waals surface area contributed by atoms with Gasteiger partial charge in [0, 0.05) is 53.9 Å². The van der Waals surface area contributed by atoms with Crippen LogP contribution in [0, 0.1) is 0 Å². The van der Waals surface area contributed by atoms with Crippen LogP contribution < -0.4 is 9.64 Å². The summed E-state index contributed by atoms with van der Waals surface area (Å²) < 4.78 is 9.77. The Bertz CT molecular complexity index is 3530. The highest BCUT2D eigenvalue weighted by molar-refractivity contribution is 7.26. The van der Waals surface area contributed by atoms with Gasteiger partial charge in [0.15, 0.2) is 0 Å². The van der Waals surface area contributed by atoms with Crippen molar-refractivity contribution in [2.45, 2.75) is 5.41 Å². The lowest BCUT2D eigenvalue weighted by Gasteiger charge is -2.41. The van der Waals surface area contributed by atoms with E-state index in [0.29, 0.717) is 0 Å². The first kappa shape index (κ1) is 36.7. The lowest BCUT2D eigenvalue weighted by atomic mass is 9.65. The maximum absolute atomic E-state index is 7.22. The van der Waals surface area contributed by atoms with Crippen LogP contribution in [-0.2, 0) is 5.41 Å². The van der Waals surface area contributed by atoms with Gasteiger partial charge in [-0.1, -0.05) is 182 Å². The van der Waals surface area contributed by atoms with Gasteiger partial charge in [-0.15, -0.1) is 11.3 Å². The number of hydrogen-bond donors (Lipinski definition) is 0. The SMILES string of the molecule is c1ccc(-c2ccc(N(c3cc(-c4ccccc4)c4c(c3)C3(c5ccccc5O4)c4ccccc4-c4ccccc43)c3ccc4sc5cccc(-c6ccccc6)c5c4c3)cc2)cc1. The summed E-state index contributed by atoms with van der Waals surface area (Å²) in [7, 11) is 0. The van der Waals surface area contributed by atoms with Crippen molar-refractivity contribution in [3.63, 3.8) is 0 Å². The Morgan fingerprint density at radius 3 is 1.58 bits per heavy atom. The molecular weight excluding hydrogens is 795 g/mol. The van der Waals surface area contributed by atoms with Gasteiger partial charge in [0.1, 0.15) is 11.5 Å². The van der Waals surface area contributed by atoms with Crippen LogP contribution in [0.5, 0.6) is 11.5 Å². The third-order valence-corrected chi connectivity index (χ3v) is 14.5. The second-order valence-corrected chi connectivity index (χ2v) is 17.8. The van der Waals surface area contributed by atoms with Gasteiger partial charge < -0.3 is 9.64 Å². The van der Waals surface area contributed by atoms with E-state index in [9.17, 15) is 0 Å². The molecule has 0 amide bonds. The number of nitrogens with zero attached hydrogens (tertiary/aromatic N) is 1. The molecule has 2 aliphatic rings. The fourth-order valence-electron chi connectivity index (χ4n) is 10.6. The van der Waals surface area contributed by atoms with Crippen LogP contribution in [0.15, 0.2) is 237 Å². The molecule has 1 aromatic heterocycles. The number of benzene rings is 10. The minimum absolute atomic E-state index is 0.641. The topological polar surface area (TPSA) is 12.5 Å². The fourth-order valence-corrected chi connectivity index (χ4v) is 11.7. The number of hydrogen-bond acceptors (Lipinski definition) is 3. The lowest BCUT2D eigenvalue weighted by Crippen LogP contribution is -2.32. The molecule has 300 valence electrons. The number of rotatable bonds is 6. The Morgan fingerprint density at radius 1 is 0.344 bits per heavy atom. The molecule has 2 heterocycles.